The van der Waals surface area contributed by atoms with Gasteiger partial charge in [-0.15, -0.1) is 0 Å². The highest BCUT2D eigenvalue weighted by Gasteiger charge is 2.15. The van der Waals surface area contributed by atoms with Gasteiger partial charge in [0.25, 0.3) is 11.6 Å². The van der Waals surface area contributed by atoms with Crippen LogP contribution in [0.3, 0.4) is 0 Å². The standard InChI is InChI=1S/C18H20N2O4/c1-3-4-11-24-17-8-6-5-7-15(17)18(21)19-16-10-9-14(20(22)23)12-13(16)2/h5-10,12H,3-4,11H2,1-2H3,(H,19,21). The molecule has 0 atom stereocenters. The zero-order valence-corrected chi connectivity index (χ0v) is 13.7. The summed E-state index contributed by atoms with van der Waals surface area (Å²) < 4.78 is 5.67. The molecule has 1 N–H and O–H groups in total. The second kappa shape index (κ2) is 8.10. The molecule has 0 unspecified atom stereocenters. The van der Waals surface area contributed by atoms with E-state index in [2.05, 4.69) is 12.2 Å². The molecule has 24 heavy (non-hydrogen) atoms. The number of nitrogens with one attached hydrogen (secondary N) is 1. The lowest BCUT2D eigenvalue weighted by Gasteiger charge is -2.12. The van der Waals surface area contributed by atoms with Crippen LogP contribution in [0.4, 0.5) is 11.4 Å². The van der Waals surface area contributed by atoms with E-state index < -0.39 is 4.92 Å². The van der Waals surface area contributed by atoms with Crippen LogP contribution >= 0.6 is 0 Å². The Hall–Kier alpha value is -2.89. The zero-order chi connectivity index (χ0) is 17.5. The van der Waals surface area contributed by atoms with Gasteiger partial charge in [0.05, 0.1) is 17.1 Å². The Morgan fingerprint density at radius 3 is 2.67 bits per heavy atom. The summed E-state index contributed by atoms with van der Waals surface area (Å²) in [5.41, 5.74) is 1.59. The molecule has 1 amide bonds. The molecular weight excluding hydrogens is 308 g/mol. The van der Waals surface area contributed by atoms with Crippen LogP contribution in [0.1, 0.15) is 35.7 Å². The van der Waals surface area contributed by atoms with Gasteiger partial charge >= 0.3 is 0 Å². The molecule has 6 heteroatoms. The number of aryl methyl sites for hydroxylation is 1. The normalized spacial score (nSPS) is 10.2. The molecule has 0 saturated heterocycles. The van der Waals surface area contributed by atoms with E-state index in [-0.39, 0.29) is 11.6 Å². The number of hydrogen-bond acceptors (Lipinski definition) is 4. The number of carbonyl (C=O) groups excluding carboxylic acids is 1. The van der Waals surface area contributed by atoms with Crippen molar-refractivity contribution in [1.29, 1.82) is 0 Å². The highest BCUT2D eigenvalue weighted by atomic mass is 16.6. The lowest BCUT2D eigenvalue weighted by atomic mass is 10.1. The van der Waals surface area contributed by atoms with Gasteiger partial charge in [0.15, 0.2) is 0 Å². The van der Waals surface area contributed by atoms with Crippen LogP contribution in [-0.2, 0) is 0 Å². The van der Waals surface area contributed by atoms with Crippen molar-refractivity contribution in [2.45, 2.75) is 26.7 Å². The molecule has 0 spiro atoms. The second-order valence-electron chi connectivity index (χ2n) is 5.41. The Balaban J connectivity index is 2.17. The monoisotopic (exact) mass is 328 g/mol. The summed E-state index contributed by atoms with van der Waals surface area (Å²) >= 11 is 0. The predicted molar refractivity (Wildman–Crippen MR) is 92.6 cm³/mol. The highest BCUT2D eigenvalue weighted by molar-refractivity contribution is 6.06. The Kier molecular flexibility index (Phi) is 5.89. The molecule has 0 bridgehead atoms. The van der Waals surface area contributed by atoms with Crippen LogP contribution in [0.5, 0.6) is 5.75 Å². The molecule has 126 valence electrons. The summed E-state index contributed by atoms with van der Waals surface area (Å²) in [7, 11) is 0. The number of nitrogens with zero attached hydrogens (tertiary/aromatic N) is 1. The van der Waals surface area contributed by atoms with Crippen molar-refractivity contribution >= 4 is 17.3 Å². The fourth-order valence-corrected chi connectivity index (χ4v) is 2.20. The quantitative estimate of drug-likeness (QED) is 0.466. The van der Waals surface area contributed by atoms with Crippen molar-refractivity contribution in [1.82, 2.24) is 0 Å². The number of rotatable bonds is 7. The van der Waals surface area contributed by atoms with E-state index in [4.69, 9.17) is 4.74 Å². The van der Waals surface area contributed by atoms with Gasteiger partial charge in [0, 0.05) is 17.8 Å². The topological polar surface area (TPSA) is 81.5 Å². The lowest BCUT2D eigenvalue weighted by Crippen LogP contribution is -2.14. The van der Waals surface area contributed by atoms with Crippen LogP contribution in [0.25, 0.3) is 0 Å². The second-order valence-corrected chi connectivity index (χ2v) is 5.41. The van der Waals surface area contributed by atoms with Crippen molar-refractivity contribution in [2.75, 3.05) is 11.9 Å². The highest BCUT2D eigenvalue weighted by Crippen LogP contribution is 2.24. The molecule has 0 aliphatic carbocycles. The van der Waals surface area contributed by atoms with Crippen molar-refractivity contribution in [3.05, 3.63) is 63.7 Å². The van der Waals surface area contributed by atoms with Gasteiger partial charge in [0.1, 0.15) is 5.75 Å². The van der Waals surface area contributed by atoms with E-state index in [1.165, 1.54) is 18.2 Å². The Labute approximate surface area is 140 Å². The summed E-state index contributed by atoms with van der Waals surface area (Å²) in [6.45, 7) is 4.34. The first kappa shape index (κ1) is 17.5. The van der Waals surface area contributed by atoms with E-state index in [0.717, 1.165) is 12.8 Å². The number of nitro groups is 1. The molecule has 0 aromatic heterocycles. The number of amides is 1. The molecule has 0 radical (unpaired) electrons. The molecule has 2 rings (SSSR count). The molecule has 0 saturated carbocycles. The van der Waals surface area contributed by atoms with Crippen LogP contribution in [0.15, 0.2) is 42.5 Å². The summed E-state index contributed by atoms with van der Waals surface area (Å²) in [4.78, 5) is 22.8. The van der Waals surface area contributed by atoms with Crippen molar-refractivity contribution in [2.24, 2.45) is 0 Å². The number of anilines is 1. The van der Waals surface area contributed by atoms with Crippen LogP contribution in [0.2, 0.25) is 0 Å². The summed E-state index contributed by atoms with van der Waals surface area (Å²) in [6.07, 6.45) is 1.92. The van der Waals surface area contributed by atoms with Crippen molar-refractivity contribution < 1.29 is 14.5 Å². The van der Waals surface area contributed by atoms with Gasteiger partial charge in [-0.25, -0.2) is 0 Å². The van der Waals surface area contributed by atoms with Gasteiger partial charge in [-0.2, -0.15) is 0 Å². The number of hydrogen-bond donors (Lipinski definition) is 1. The van der Waals surface area contributed by atoms with Gasteiger partial charge in [0.2, 0.25) is 0 Å². The maximum absolute atomic E-state index is 12.5. The van der Waals surface area contributed by atoms with Gasteiger partial charge in [-0.05, 0) is 37.1 Å². The number of unbranched alkanes of at least 4 members (excludes halogenated alkanes) is 1. The third kappa shape index (κ3) is 4.32. The average molecular weight is 328 g/mol. The SMILES string of the molecule is CCCCOc1ccccc1C(=O)Nc1ccc([N+](=O)[O-])cc1C. The van der Waals surface area contributed by atoms with E-state index in [0.29, 0.717) is 29.2 Å². The molecule has 0 heterocycles. The Morgan fingerprint density at radius 2 is 2.00 bits per heavy atom. The number of carbonyl (C=O) groups is 1. The third-order valence-corrected chi connectivity index (χ3v) is 3.56. The first-order chi connectivity index (χ1) is 11.5. The minimum absolute atomic E-state index is 0.00574. The van der Waals surface area contributed by atoms with E-state index in [1.807, 2.05) is 6.07 Å². The molecule has 2 aromatic carbocycles. The van der Waals surface area contributed by atoms with Gasteiger partial charge in [-0.3, -0.25) is 14.9 Å². The number of non-ortho nitro benzene ring substituents is 1. The Bertz CT molecular complexity index is 744. The van der Waals surface area contributed by atoms with Crippen LogP contribution in [-0.4, -0.2) is 17.4 Å². The Morgan fingerprint density at radius 1 is 1.25 bits per heavy atom. The van der Waals surface area contributed by atoms with E-state index >= 15 is 0 Å². The molecular formula is C18H20N2O4. The minimum Gasteiger partial charge on any atom is -0.493 e. The van der Waals surface area contributed by atoms with E-state index in [1.54, 1.807) is 25.1 Å². The fraction of sp³-hybridized carbons (Fsp3) is 0.278. The predicted octanol–water partition coefficient (Wildman–Crippen LogP) is 4.33. The van der Waals surface area contributed by atoms with Gasteiger partial charge in [-0.1, -0.05) is 25.5 Å². The first-order valence-corrected chi connectivity index (χ1v) is 7.81. The van der Waals surface area contributed by atoms with E-state index in [9.17, 15) is 14.9 Å². The minimum atomic E-state index is -0.463. The fourth-order valence-electron chi connectivity index (χ4n) is 2.20. The number of ether oxygens (including phenoxy) is 1. The first-order valence-electron chi connectivity index (χ1n) is 7.81. The molecule has 2 aromatic rings. The van der Waals surface area contributed by atoms with Crippen LogP contribution in [0, 0.1) is 17.0 Å². The third-order valence-electron chi connectivity index (χ3n) is 3.56. The van der Waals surface area contributed by atoms with Crippen molar-refractivity contribution in [3.8, 4) is 5.75 Å². The lowest BCUT2D eigenvalue weighted by molar-refractivity contribution is -0.384. The number of nitro benzene ring substituents is 1. The van der Waals surface area contributed by atoms with Gasteiger partial charge < -0.3 is 10.1 Å². The molecule has 6 nitrogen and oxygen atoms in total. The maximum Gasteiger partial charge on any atom is 0.269 e. The average Bonchev–Trinajstić information content (AvgIpc) is 2.57. The summed E-state index contributed by atoms with van der Waals surface area (Å²) in [5, 5.41) is 13.6. The maximum atomic E-state index is 12.5. The summed E-state index contributed by atoms with van der Waals surface area (Å²) in [6, 6.07) is 11.4. The molecule has 0 aliphatic rings. The molecule has 0 aliphatic heterocycles. The summed E-state index contributed by atoms with van der Waals surface area (Å²) in [5.74, 6) is 0.224. The smallest absolute Gasteiger partial charge is 0.269 e. The number of para-hydroxylation sites is 1. The van der Waals surface area contributed by atoms with Crippen molar-refractivity contribution in [3.63, 3.8) is 0 Å². The van der Waals surface area contributed by atoms with Crippen LogP contribution < -0.4 is 10.1 Å². The number of benzene rings is 2. The largest absolute Gasteiger partial charge is 0.493 e. The zero-order valence-electron chi connectivity index (χ0n) is 13.7. The molecule has 0 fully saturated rings.